The van der Waals surface area contributed by atoms with Gasteiger partial charge in [0.25, 0.3) is 0 Å². The molecule has 0 radical (unpaired) electrons. The molecule has 0 aliphatic heterocycles. The fourth-order valence-electron chi connectivity index (χ4n) is 4.06. The minimum Gasteiger partial charge on any atom is -0.340 e. The highest BCUT2D eigenvalue weighted by atomic mass is 32.1. The number of aromatic nitrogens is 1. The molecule has 1 amide bonds. The van der Waals surface area contributed by atoms with Gasteiger partial charge in [0.05, 0.1) is 17.7 Å². The molecule has 2 aromatic rings. The Balaban J connectivity index is 1.53. The normalized spacial score (nSPS) is 25.8. The third-order valence-electron chi connectivity index (χ3n) is 5.26. The van der Waals surface area contributed by atoms with Gasteiger partial charge in [-0.3, -0.25) is 4.79 Å². The molecule has 1 aromatic heterocycles. The van der Waals surface area contributed by atoms with Crippen LogP contribution in [-0.4, -0.2) is 22.8 Å². The van der Waals surface area contributed by atoms with Gasteiger partial charge in [-0.15, -0.1) is 11.3 Å². The van der Waals surface area contributed by atoms with E-state index in [2.05, 4.69) is 29.2 Å². The van der Waals surface area contributed by atoms with Crippen LogP contribution in [0.15, 0.2) is 35.2 Å². The lowest BCUT2D eigenvalue weighted by molar-refractivity contribution is -0.132. The molecular weight excluding hydrogens is 292 g/mol. The predicted molar refractivity (Wildman–Crippen MR) is 87.8 cm³/mol. The number of benzene rings is 1. The van der Waals surface area contributed by atoms with Gasteiger partial charge < -0.3 is 4.90 Å². The maximum Gasteiger partial charge on any atom is 0.226 e. The van der Waals surface area contributed by atoms with Crippen LogP contribution in [0.25, 0.3) is 0 Å². The summed E-state index contributed by atoms with van der Waals surface area (Å²) in [7, 11) is 1.91. The smallest absolute Gasteiger partial charge is 0.226 e. The molecule has 2 aliphatic carbocycles. The molecule has 1 aromatic carbocycles. The van der Waals surface area contributed by atoms with E-state index < -0.39 is 0 Å². The molecule has 2 atom stereocenters. The highest BCUT2D eigenvalue weighted by Crippen LogP contribution is 2.60. The zero-order valence-electron chi connectivity index (χ0n) is 12.8. The molecule has 3 nitrogen and oxygen atoms in total. The molecule has 1 spiro atoms. The van der Waals surface area contributed by atoms with Crippen LogP contribution in [0.5, 0.6) is 0 Å². The van der Waals surface area contributed by atoms with Crippen molar-refractivity contribution in [3.63, 3.8) is 0 Å². The first-order valence-corrected chi connectivity index (χ1v) is 8.85. The number of hydrogen-bond acceptors (Lipinski definition) is 3. The summed E-state index contributed by atoms with van der Waals surface area (Å²) in [6.07, 6.45) is 4.54. The minimum absolute atomic E-state index is 0.127. The minimum atomic E-state index is 0.127. The molecule has 0 bridgehead atoms. The molecule has 4 heteroatoms. The number of nitrogens with zero attached hydrogens (tertiary/aromatic N) is 2. The van der Waals surface area contributed by atoms with E-state index in [4.69, 9.17) is 0 Å². The van der Waals surface area contributed by atoms with Gasteiger partial charge in [0.1, 0.15) is 0 Å². The quantitative estimate of drug-likeness (QED) is 0.870. The highest BCUT2D eigenvalue weighted by molar-refractivity contribution is 7.07. The van der Waals surface area contributed by atoms with Crippen molar-refractivity contribution in [1.82, 2.24) is 9.88 Å². The van der Waals surface area contributed by atoms with Crippen molar-refractivity contribution >= 4 is 17.2 Å². The summed E-state index contributed by atoms with van der Waals surface area (Å²) >= 11 is 1.58. The van der Waals surface area contributed by atoms with Crippen LogP contribution < -0.4 is 0 Å². The molecule has 22 heavy (non-hydrogen) atoms. The molecule has 2 aliphatic rings. The van der Waals surface area contributed by atoms with Crippen LogP contribution in [0.3, 0.4) is 0 Å². The van der Waals surface area contributed by atoms with E-state index in [9.17, 15) is 4.79 Å². The second kappa shape index (κ2) is 5.20. The van der Waals surface area contributed by atoms with Gasteiger partial charge in [-0.2, -0.15) is 0 Å². The summed E-state index contributed by atoms with van der Waals surface area (Å²) in [5.74, 6) is 0.447. The zero-order chi connectivity index (χ0) is 15.2. The number of thiazole rings is 1. The van der Waals surface area contributed by atoms with E-state index in [1.165, 1.54) is 17.5 Å². The number of carbonyl (C=O) groups excluding carboxylic acids is 1. The third-order valence-corrected chi connectivity index (χ3v) is 5.89. The lowest BCUT2D eigenvalue weighted by atomic mass is 9.78. The largest absolute Gasteiger partial charge is 0.340 e. The van der Waals surface area contributed by atoms with Crippen molar-refractivity contribution in [3.05, 3.63) is 52.0 Å². The number of amides is 1. The maximum atomic E-state index is 12.8. The van der Waals surface area contributed by atoms with Gasteiger partial charge in [0, 0.05) is 23.8 Å². The standard InChI is InChI=1S/C18H20N2OS/c1-20(10-14-11-22-12-19-14)17(21)16-9-18(16)8-4-6-13-5-2-3-7-15(13)18/h2-3,5,7,11-12,16H,4,6,8-10H2,1H3/t16-,18+/m1/s1. The second-order valence-electron chi connectivity index (χ2n) is 6.60. The average molecular weight is 312 g/mol. The van der Waals surface area contributed by atoms with Gasteiger partial charge in [0.15, 0.2) is 0 Å². The van der Waals surface area contributed by atoms with Crippen LogP contribution in [0.1, 0.15) is 36.1 Å². The van der Waals surface area contributed by atoms with Crippen LogP contribution >= 0.6 is 11.3 Å². The Bertz CT molecular complexity index is 697. The van der Waals surface area contributed by atoms with E-state index in [0.29, 0.717) is 6.54 Å². The van der Waals surface area contributed by atoms with Crippen LogP contribution in [-0.2, 0) is 23.2 Å². The number of hydrogen-bond donors (Lipinski definition) is 0. The summed E-state index contributed by atoms with van der Waals surface area (Å²) < 4.78 is 0. The Labute approximate surface area is 135 Å². The van der Waals surface area contributed by atoms with Gasteiger partial charge in [-0.1, -0.05) is 24.3 Å². The first-order valence-electron chi connectivity index (χ1n) is 7.91. The van der Waals surface area contributed by atoms with Crippen molar-refractivity contribution < 1.29 is 4.79 Å². The van der Waals surface area contributed by atoms with E-state index in [0.717, 1.165) is 25.0 Å². The summed E-state index contributed by atoms with van der Waals surface area (Å²) in [5, 5.41) is 2.02. The topological polar surface area (TPSA) is 33.2 Å². The van der Waals surface area contributed by atoms with Crippen LogP contribution in [0.4, 0.5) is 0 Å². The van der Waals surface area contributed by atoms with Gasteiger partial charge in [-0.25, -0.2) is 4.98 Å². The molecule has 0 unspecified atom stereocenters. The number of rotatable bonds is 3. The van der Waals surface area contributed by atoms with E-state index in [-0.39, 0.29) is 17.2 Å². The van der Waals surface area contributed by atoms with Gasteiger partial charge in [-0.05, 0) is 36.8 Å². The Morgan fingerprint density at radius 3 is 3.14 bits per heavy atom. The van der Waals surface area contributed by atoms with Crippen molar-refractivity contribution in [2.24, 2.45) is 5.92 Å². The number of fused-ring (bicyclic) bond motifs is 2. The van der Waals surface area contributed by atoms with Crippen LogP contribution in [0, 0.1) is 5.92 Å². The molecular formula is C18H20N2OS. The Morgan fingerprint density at radius 1 is 1.45 bits per heavy atom. The van der Waals surface area contributed by atoms with E-state index >= 15 is 0 Å². The first kappa shape index (κ1) is 13.9. The van der Waals surface area contributed by atoms with Crippen molar-refractivity contribution in [2.45, 2.75) is 37.6 Å². The molecule has 1 saturated carbocycles. The van der Waals surface area contributed by atoms with E-state index in [1.807, 2.05) is 22.8 Å². The maximum absolute atomic E-state index is 12.8. The van der Waals surface area contributed by atoms with Crippen LogP contribution in [0.2, 0.25) is 0 Å². The summed E-state index contributed by atoms with van der Waals surface area (Å²) in [6.45, 7) is 0.622. The van der Waals surface area contributed by atoms with Crippen molar-refractivity contribution in [1.29, 1.82) is 0 Å². The van der Waals surface area contributed by atoms with E-state index in [1.54, 1.807) is 11.3 Å². The first-order chi connectivity index (χ1) is 10.7. The Kier molecular flexibility index (Phi) is 3.30. The third kappa shape index (κ3) is 2.17. The monoisotopic (exact) mass is 312 g/mol. The van der Waals surface area contributed by atoms with Gasteiger partial charge >= 0.3 is 0 Å². The summed E-state index contributed by atoms with van der Waals surface area (Å²) in [6, 6.07) is 8.70. The zero-order valence-corrected chi connectivity index (χ0v) is 13.6. The molecule has 1 fully saturated rings. The highest BCUT2D eigenvalue weighted by Gasteiger charge is 2.60. The van der Waals surface area contributed by atoms with Crippen molar-refractivity contribution in [2.75, 3.05) is 7.05 Å². The SMILES string of the molecule is CN(Cc1cscn1)C(=O)[C@H]1C[C@]12CCCc1ccccc12. The fourth-order valence-corrected chi connectivity index (χ4v) is 4.61. The fraction of sp³-hybridized carbons (Fsp3) is 0.444. The number of aryl methyl sites for hydroxylation is 1. The predicted octanol–water partition coefficient (Wildman–Crippen LogP) is 3.40. The summed E-state index contributed by atoms with van der Waals surface area (Å²) in [5.41, 5.74) is 5.82. The molecule has 0 N–H and O–H groups in total. The van der Waals surface area contributed by atoms with Gasteiger partial charge in [0.2, 0.25) is 5.91 Å². The lowest BCUT2D eigenvalue weighted by Gasteiger charge is -2.27. The molecule has 1 heterocycles. The Morgan fingerprint density at radius 2 is 2.32 bits per heavy atom. The average Bonchev–Trinajstić information content (AvgIpc) is 3.00. The lowest BCUT2D eigenvalue weighted by Crippen LogP contribution is -2.31. The molecule has 4 rings (SSSR count). The number of carbonyl (C=O) groups is 1. The molecule has 114 valence electrons. The van der Waals surface area contributed by atoms with Crippen molar-refractivity contribution in [3.8, 4) is 0 Å². The Hall–Kier alpha value is -1.68. The summed E-state index contributed by atoms with van der Waals surface area (Å²) in [4.78, 5) is 19.0. The second-order valence-corrected chi connectivity index (χ2v) is 7.32. The molecule has 0 saturated heterocycles.